The van der Waals surface area contributed by atoms with Crippen molar-refractivity contribution in [2.75, 3.05) is 26.3 Å². The molecule has 0 spiro atoms. The summed E-state index contributed by atoms with van der Waals surface area (Å²) < 4.78 is 11.9. The number of aryl methyl sites for hydroxylation is 2. The van der Waals surface area contributed by atoms with Crippen LogP contribution in [-0.4, -0.2) is 60.3 Å². The van der Waals surface area contributed by atoms with Crippen LogP contribution in [0, 0.1) is 5.92 Å². The van der Waals surface area contributed by atoms with Crippen LogP contribution >= 0.6 is 0 Å². The van der Waals surface area contributed by atoms with Crippen LogP contribution in [0.4, 0.5) is 0 Å². The summed E-state index contributed by atoms with van der Waals surface area (Å²) in [6.07, 6.45) is 3.26. The van der Waals surface area contributed by atoms with E-state index >= 15 is 0 Å². The van der Waals surface area contributed by atoms with Gasteiger partial charge in [0.15, 0.2) is 0 Å². The maximum atomic E-state index is 11.8. The minimum atomic E-state index is -0.864. The summed E-state index contributed by atoms with van der Waals surface area (Å²) in [6.45, 7) is 3.77. The van der Waals surface area contributed by atoms with Gasteiger partial charge in [-0.05, 0) is 69.3 Å². The Morgan fingerprint density at radius 1 is 1.06 bits per heavy atom. The van der Waals surface area contributed by atoms with Gasteiger partial charge in [0.25, 0.3) is 0 Å². The van der Waals surface area contributed by atoms with Gasteiger partial charge in [0.05, 0.1) is 6.10 Å². The number of carboxylic acid groups (broad SMARTS) is 1. The van der Waals surface area contributed by atoms with Crippen LogP contribution in [0.3, 0.4) is 0 Å². The number of hydrogen-bond donors (Lipinski definition) is 2. The molecule has 3 rings (SSSR count). The highest BCUT2D eigenvalue weighted by Gasteiger charge is 2.31. The van der Waals surface area contributed by atoms with Crippen LogP contribution in [-0.2, 0) is 27.2 Å². The number of ether oxygens (including phenoxy) is 2. The zero-order chi connectivity index (χ0) is 24.3. The van der Waals surface area contributed by atoms with Crippen molar-refractivity contribution in [3.8, 4) is 5.75 Å². The lowest BCUT2D eigenvalue weighted by Crippen LogP contribution is -2.47. The normalized spacial score (nSPS) is 16.6. The first-order chi connectivity index (χ1) is 16.4. The predicted octanol–water partition coefficient (Wildman–Crippen LogP) is 3.30. The van der Waals surface area contributed by atoms with Gasteiger partial charge in [0, 0.05) is 12.5 Å². The second-order valence-corrected chi connectivity index (χ2v) is 8.94. The molecule has 0 radical (unpaired) electrons. The van der Waals surface area contributed by atoms with Crippen molar-refractivity contribution in [2.24, 2.45) is 11.7 Å². The fourth-order valence-electron chi connectivity index (χ4n) is 4.37. The van der Waals surface area contributed by atoms with Crippen LogP contribution in [0.1, 0.15) is 37.3 Å². The molecule has 1 heterocycles. The molecule has 2 aromatic carbocycles. The van der Waals surface area contributed by atoms with Crippen molar-refractivity contribution in [1.82, 2.24) is 4.90 Å². The summed E-state index contributed by atoms with van der Waals surface area (Å²) in [6, 6.07) is 17.8. The Bertz CT molecular complexity index is 912. The third-order valence-corrected chi connectivity index (χ3v) is 6.42. The summed E-state index contributed by atoms with van der Waals surface area (Å²) in [5.41, 5.74) is 7.83. The third-order valence-electron chi connectivity index (χ3n) is 6.42. The number of amides is 1. The minimum absolute atomic E-state index is 0.158. The van der Waals surface area contributed by atoms with Gasteiger partial charge in [0.2, 0.25) is 5.91 Å². The van der Waals surface area contributed by atoms with E-state index in [9.17, 15) is 14.7 Å². The highest BCUT2D eigenvalue weighted by Crippen LogP contribution is 2.22. The van der Waals surface area contributed by atoms with Crippen molar-refractivity contribution >= 4 is 11.9 Å². The molecule has 0 aliphatic carbocycles. The molecule has 0 aromatic heterocycles. The molecule has 7 heteroatoms. The quantitative estimate of drug-likeness (QED) is 0.468. The largest absolute Gasteiger partial charge is 0.491 e. The molecule has 2 aromatic rings. The first-order valence-electron chi connectivity index (χ1n) is 12.1. The minimum Gasteiger partial charge on any atom is -0.491 e. The highest BCUT2D eigenvalue weighted by molar-refractivity contribution is 5.77. The molecule has 1 aliphatic rings. The molecule has 1 aliphatic heterocycles. The zero-order valence-electron chi connectivity index (χ0n) is 19.9. The number of hydrogen-bond acceptors (Lipinski definition) is 5. The van der Waals surface area contributed by atoms with E-state index in [1.807, 2.05) is 36.1 Å². The summed E-state index contributed by atoms with van der Waals surface area (Å²) >= 11 is 0. The molecule has 0 bridgehead atoms. The van der Waals surface area contributed by atoms with Gasteiger partial charge in [-0.2, -0.15) is 0 Å². The monoisotopic (exact) mass is 468 g/mol. The number of para-hydroxylation sites is 1. The SMILES string of the molecule is CC(COc1ccccc1CCc1ccccc1)OCCC(C(=O)O)N1CCC(C(N)=O)CC1. The van der Waals surface area contributed by atoms with Gasteiger partial charge in [-0.15, -0.1) is 0 Å². The summed E-state index contributed by atoms with van der Waals surface area (Å²) in [5, 5.41) is 9.67. The maximum Gasteiger partial charge on any atom is 0.321 e. The van der Waals surface area contributed by atoms with Gasteiger partial charge in [0.1, 0.15) is 18.4 Å². The number of primary amides is 1. The predicted molar refractivity (Wildman–Crippen MR) is 131 cm³/mol. The van der Waals surface area contributed by atoms with E-state index in [2.05, 4.69) is 30.3 Å². The second kappa shape index (κ2) is 13.1. The van der Waals surface area contributed by atoms with Gasteiger partial charge in [-0.1, -0.05) is 48.5 Å². The lowest BCUT2D eigenvalue weighted by atomic mass is 9.95. The standard InChI is InChI=1S/C27H36N2O5/c1-20(33-18-15-24(27(31)32)29-16-13-23(14-17-29)26(28)30)19-34-25-10-6-5-9-22(25)12-11-21-7-3-2-4-8-21/h2-10,20,23-24H,11-19H2,1H3,(H2,28,30)(H,31,32). The Kier molecular flexibility index (Phi) is 9.91. The van der Waals surface area contributed by atoms with E-state index in [1.54, 1.807) is 0 Å². The Morgan fingerprint density at radius 2 is 1.74 bits per heavy atom. The average molecular weight is 469 g/mol. The van der Waals surface area contributed by atoms with Gasteiger partial charge in [-0.3, -0.25) is 14.5 Å². The van der Waals surface area contributed by atoms with Crippen molar-refractivity contribution in [2.45, 2.75) is 51.2 Å². The van der Waals surface area contributed by atoms with Crippen LogP contribution in [0.25, 0.3) is 0 Å². The molecule has 1 saturated heterocycles. The number of nitrogens with zero attached hydrogens (tertiary/aromatic N) is 1. The number of carbonyl (C=O) groups is 2. The van der Waals surface area contributed by atoms with Gasteiger partial charge in [-0.25, -0.2) is 0 Å². The topological polar surface area (TPSA) is 102 Å². The van der Waals surface area contributed by atoms with Crippen LogP contribution in [0.5, 0.6) is 5.75 Å². The van der Waals surface area contributed by atoms with Crippen LogP contribution in [0.15, 0.2) is 54.6 Å². The summed E-state index contributed by atoms with van der Waals surface area (Å²) in [4.78, 5) is 25.1. The molecular formula is C27H36N2O5. The number of nitrogens with two attached hydrogens (primary N) is 1. The van der Waals surface area contributed by atoms with Crippen LogP contribution in [0.2, 0.25) is 0 Å². The fourth-order valence-corrected chi connectivity index (χ4v) is 4.37. The number of aliphatic carboxylic acids is 1. The third kappa shape index (κ3) is 7.85. The Balaban J connectivity index is 1.42. The lowest BCUT2D eigenvalue weighted by Gasteiger charge is -2.34. The maximum absolute atomic E-state index is 11.8. The number of carboxylic acids is 1. The Hall–Kier alpha value is -2.90. The number of piperidine rings is 1. The number of carbonyl (C=O) groups excluding carboxylic acids is 1. The van der Waals surface area contributed by atoms with E-state index in [1.165, 1.54) is 5.56 Å². The molecule has 2 atom stereocenters. The van der Waals surface area contributed by atoms with Crippen molar-refractivity contribution in [1.29, 1.82) is 0 Å². The molecule has 2 unspecified atom stereocenters. The molecule has 0 saturated carbocycles. The smallest absolute Gasteiger partial charge is 0.321 e. The first kappa shape index (κ1) is 25.7. The molecular weight excluding hydrogens is 432 g/mol. The van der Waals surface area contributed by atoms with Crippen molar-refractivity contribution in [3.05, 3.63) is 65.7 Å². The zero-order valence-corrected chi connectivity index (χ0v) is 19.9. The molecule has 1 fully saturated rings. The van der Waals surface area contributed by atoms with E-state index in [0.717, 1.165) is 24.2 Å². The van der Waals surface area contributed by atoms with E-state index in [4.69, 9.17) is 15.2 Å². The number of likely N-dealkylation sites (tertiary alicyclic amines) is 1. The van der Waals surface area contributed by atoms with Crippen molar-refractivity contribution < 1.29 is 24.2 Å². The first-order valence-corrected chi connectivity index (χ1v) is 12.1. The highest BCUT2D eigenvalue weighted by atomic mass is 16.5. The Labute approximate surface area is 201 Å². The Morgan fingerprint density at radius 3 is 2.41 bits per heavy atom. The summed E-state index contributed by atoms with van der Waals surface area (Å²) in [7, 11) is 0. The van der Waals surface area contributed by atoms with E-state index in [-0.39, 0.29) is 17.9 Å². The van der Waals surface area contributed by atoms with Gasteiger partial charge >= 0.3 is 5.97 Å². The molecule has 184 valence electrons. The van der Waals surface area contributed by atoms with E-state index < -0.39 is 12.0 Å². The van der Waals surface area contributed by atoms with Crippen molar-refractivity contribution in [3.63, 3.8) is 0 Å². The molecule has 34 heavy (non-hydrogen) atoms. The number of benzene rings is 2. The molecule has 3 N–H and O–H groups in total. The number of rotatable bonds is 13. The van der Waals surface area contributed by atoms with Crippen LogP contribution < -0.4 is 10.5 Å². The summed E-state index contributed by atoms with van der Waals surface area (Å²) in [5.74, 6) is -0.466. The molecule has 7 nitrogen and oxygen atoms in total. The molecule has 1 amide bonds. The second-order valence-electron chi connectivity index (χ2n) is 8.94. The fraction of sp³-hybridized carbons (Fsp3) is 0.481. The van der Waals surface area contributed by atoms with Gasteiger partial charge < -0.3 is 20.3 Å². The average Bonchev–Trinajstić information content (AvgIpc) is 2.85. The lowest BCUT2D eigenvalue weighted by molar-refractivity contribution is -0.145. The van der Waals surface area contributed by atoms with E-state index in [0.29, 0.717) is 45.6 Å².